The Bertz CT molecular complexity index is 2630. The molecule has 2 aromatic heterocycles. The summed E-state index contributed by atoms with van der Waals surface area (Å²) in [6, 6.07) is 19.5. The van der Waals surface area contributed by atoms with Gasteiger partial charge in [-0.2, -0.15) is 0 Å². The van der Waals surface area contributed by atoms with Crippen LogP contribution in [0.5, 0.6) is 11.5 Å². The molecule has 0 spiro atoms. The molecule has 2 amide bonds. The summed E-state index contributed by atoms with van der Waals surface area (Å²) in [5.41, 5.74) is 3.24. The number of phenolic OH excluding ortho intramolecular Hbond substituents is 2. The molecule has 6 rings (SSSR count). The molecule has 6 aromatic rings. The molecule has 0 bridgehead atoms. The normalized spacial score (nSPS) is 11.4. The van der Waals surface area contributed by atoms with Gasteiger partial charge in [0.05, 0.1) is 36.2 Å². The average molecular weight is 811 g/mol. The van der Waals surface area contributed by atoms with Gasteiger partial charge < -0.3 is 31.1 Å². The van der Waals surface area contributed by atoms with Crippen LogP contribution >= 0.6 is 0 Å². The fourth-order valence-corrected chi connectivity index (χ4v) is 6.52. The van der Waals surface area contributed by atoms with Crippen molar-refractivity contribution in [1.29, 1.82) is 0 Å². The van der Waals surface area contributed by atoms with E-state index in [0.717, 1.165) is 12.1 Å². The first-order valence-corrected chi connectivity index (χ1v) is 18.2. The summed E-state index contributed by atoms with van der Waals surface area (Å²) in [7, 11) is 0. The predicted octanol–water partition coefficient (Wildman–Crippen LogP) is 5.48. The van der Waals surface area contributed by atoms with Gasteiger partial charge in [0.25, 0.3) is 11.8 Å². The molecule has 306 valence electrons. The van der Waals surface area contributed by atoms with Crippen molar-refractivity contribution < 1.29 is 58.0 Å². The molecule has 59 heavy (non-hydrogen) atoms. The van der Waals surface area contributed by atoms with E-state index in [2.05, 4.69) is 10.6 Å². The number of nitrogens with zero attached hydrogens (tertiary/aromatic N) is 2. The highest BCUT2D eigenvalue weighted by Crippen LogP contribution is 2.32. The summed E-state index contributed by atoms with van der Waals surface area (Å²) in [6.45, 7) is 4.76. The maximum absolute atomic E-state index is 13.6. The third-order valence-corrected chi connectivity index (χ3v) is 9.55. The number of aromatic hydroxyl groups is 2. The van der Waals surface area contributed by atoms with Crippen molar-refractivity contribution in [3.05, 3.63) is 130 Å². The Labute approximate surface area is 335 Å². The van der Waals surface area contributed by atoms with E-state index in [1.807, 2.05) is 0 Å². The van der Waals surface area contributed by atoms with Gasteiger partial charge in [-0.25, -0.2) is 8.78 Å². The lowest BCUT2D eigenvalue weighted by Crippen LogP contribution is -2.32. The molecule has 0 fully saturated rings. The molecule has 2 heterocycles. The van der Waals surface area contributed by atoms with Crippen LogP contribution in [-0.4, -0.2) is 78.2 Å². The highest BCUT2D eigenvalue weighted by atomic mass is 19.1. The molecular weight excluding hydrogens is 770 g/mol. The first-order valence-electron chi connectivity index (χ1n) is 18.2. The van der Waals surface area contributed by atoms with E-state index >= 15 is 0 Å². The summed E-state index contributed by atoms with van der Waals surface area (Å²) in [4.78, 5) is 72.3. The van der Waals surface area contributed by atoms with Crippen LogP contribution in [-0.2, 0) is 32.0 Å². The minimum Gasteiger partial charge on any atom is -0.508 e. The van der Waals surface area contributed by atoms with Crippen molar-refractivity contribution in [2.75, 3.05) is 13.1 Å². The summed E-state index contributed by atoms with van der Waals surface area (Å²) in [6.07, 6.45) is -0.415. The Morgan fingerprint density at radius 1 is 0.644 bits per heavy atom. The van der Waals surface area contributed by atoms with Crippen LogP contribution in [0.4, 0.5) is 8.78 Å². The highest BCUT2D eigenvalue weighted by molar-refractivity contribution is 6.06. The van der Waals surface area contributed by atoms with Crippen LogP contribution in [0.2, 0.25) is 0 Å². The van der Waals surface area contributed by atoms with Crippen molar-refractivity contribution >= 4 is 57.4 Å². The summed E-state index contributed by atoms with van der Waals surface area (Å²) in [5, 5.41) is 43.5. The molecule has 4 aromatic carbocycles. The third kappa shape index (κ3) is 9.97. The second-order valence-electron chi connectivity index (χ2n) is 13.7. The number of aliphatic carboxylic acids is 2. The van der Waals surface area contributed by atoms with Crippen molar-refractivity contribution in [2.24, 2.45) is 5.92 Å². The highest BCUT2D eigenvalue weighted by Gasteiger charge is 2.24. The molecular formula is C43H40F2N4O10. The molecule has 0 aliphatic rings. The Morgan fingerprint density at radius 3 is 1.49 bits per heavy atom. The zero-order chi connectivity index (χ0) is 43.1. The SMILES string of the molecule is Cc1c(CC(=O)NCC(C)C(=O)O)c2cc(O)ccc2n1C(=O)c1cccc(F)c1.Cc1c(CC(=O)NCCC(=O)O)c2cc(O)ccc2n1C(=O)c1cccc(F)c1. The number of amides is 2. The van der Waals surface area contributed by atoms with E-state index in [0.29, 0.717) is 44.3 Å². The monoisotopic (exact) mass is 810 g/mol. The maximum atomic E-state index is 13.6. The molecule has 0 aliphatic carbocycles. The fourth-order valence-electron chi connectivity index (χ4n) is 6.52. The number of carboxylic acids is 2. The largest absolute Gasteiger partial charge is 0.508 e. The molecule has 0 saturated heterocycles. The Morgan fingerprint density at radius 2 is 1.08 bits per heavy atom. The van der Waals surface area contributed by atoms with Crippen molar-refractivity contribution in [2.45, 2.75) is 40.0 Å². The number of rotatable bonds is 12. The molecule has 14 nitrogen and oxygen atoms in total. The predicted molar refractivity (Wildman–Crippen MR) is 211 cm³/mol. The van der Waals surface area contributed by atoms with Crippen LogP contribution < -0.4 is 10.6 Å². The van der Waals surface area contributed by atoms with Crippen molar-refractivity contribution in [1.82, 2.24) is 19.8 Å². The van der Waals surface area contributed by atoms with Gasteiger partial charge in [0.15, 0.2) is 0 Å². The molecule has 0 saturated carbocycles. The van der Waals surface area contributed by atoms with Gasteiger partial charge in [0.2, 0.25) is 11.8 Å². The second-order valence-corrected chi connectivity index (χ2v) is 13.7. The first-order chi connectivity index (χ1) is 28.0. The lowest BCUT2D eigenvalue weighted by atomic mass is 10.1. The van der Waals surface area contributed by atoms with Gasteiger partial charge in [-0.3, -0.25) is 37.9 Å². The van der Waals surface area contributed by atoms with E-state index in [-0.39, 0.29) is 55.0 Å². The molecule has 6 N–H and O–H groups in total. The molecule has 1 unspecified atom stereocenters. The Balaban J connectivity index is 0.000000224. The lowest BCUT2D eigenvalue weighted by Gasteiger charge is -2.09. The van der Waals surface area contributed by atoms with Gasteiger partial charge in [-0.15, -0.1) is 0 Å². The quantitative estimate of drug-likeness (QED) is 0.0915. The number of carboxylic acid groups (broad SMARTS) is 2. The summed E-state index contributed by atoms with van der Waals surface area (Å²) >= 11 is 0. The van der Waals surface area contributed by atoms with E-state index < -0.39 is 53.1 Å². The molecule has 0 aliphatic heterocycles. The first kappa shape index (κ1) is 42.8. The van der Waals surface area contributed by atoms with Crippen LogP contribution in [0.3, 0.4) is 0 Å². The number of carbonyl (C=O) groups is 6. The molecule has 16 heteroatoms. The number of nitrogens with one attached hydrogen (secondary N) is 2. The van der Waals surface area contributed by atoms with Crippen LogP contribution in [0, 0.1) is 31.4 Å². The number of halogens is 2. The van der Waals surface area contributed by atoms with Crippen LogP contribution in [0.25, 0.3) is 21.8 Å². The van der Waals surface area contributed by atoms with E-state index in [9.17, 15) is 47.8 Å². The molecule has 0 radical (unpaired) electrons. The van der Waals surface area contributed by atoms with E-state index in [1.165, 1.54) is 76.7 Å². The lowest BCUT2D eigenvalue weighted by molar-refractivity contribution is -0.141. The maximum Gasteiger partial charge on any atom is 0.308 e. The number of fused-ring (bicyclic) bond motifs is 2. The van der Waals surface area contributed by atoms with Gasteiger partial charge in [-0.05, 0) is 97.8 Å². The summed E-state index contributed by atoms with van der Waals surface area (Å²) < 4.78 is 29.9. The number of carbonyl (C=O) groups excluding carboxylic acids is 4. The van der Waals surface area contributed by atoms with Crippen molar-refractivity contribution in [3.8, 4) is 11.5 Å². The van der Waals surface area contributed by atoms with E-state index in [4.69, 9.17) is 10.2 Å². The van der Waals surface area contributed by atoms with Gasteiger partial charge in [0, 0.05) is 46.4 Å². The zero-order valence-electron chi connectivity index (χ0n) is 32.1. The number of benzene rings is 4. The Hall–Kier alpha value is -7.36. The van der Waals surface area contributed by atoms with Gasteiger partial charge in [-0.1, -0.05) is 19.1 Å². The zero-order valence-corrected chi connectivity index (χ0v) is 32.1. The third-order valence-electron chi connectivity index (χ3n) is 9.55. The second kappa shape index (κ2) is 18.3. The van der Waals surface area contributed by atoms with Gasteiger partial charge in [0.1, 0.15) is 23.1 Å². The molecule has 1 atom stereocenters. The number of aromatic nitrogens is 2. The van der Waals surface area contributed by atoms with Crippen molar-refractivity contribution in [3.63, 3.8) is 0 Å². The topological polar surface area (TPSA) is 217 Å². The fraction of sp³-hybridized carbons (Fsp3) is 0.209. The Kier molecular flexibility index (Phi) is 13.2. The standard InChI is InChI=1S/C22H21FN2O5.C21H19FN2O5/c1-12(22(29)30)11-24-20(27)10-17-13(2)25(19-7-6-16(26)9-18(17)19)21(28)14-4-3-5-15(23)8-14;1-12-16(11-19(26)23-8-7-20(27)28)17-10-15(25)5-6-18(17)24(12)21(29)13-3-2-4-14(22)9-13/h3-9,12,26H,10-11H2,1-2H3,(H,24,27)(H,29,30);2-6,9-10,25H,7-8,11H2,1H3,(H,23,26)(H,27,28). The number of hydrogen-bond donors (Lipinski definition) is 6. The van der Waals surface area contributed by atoms with Crippen LogP contribution in [0.15, 0.2) is 84.9 Å². The average Bonchev–Trinajstić information content (AvgIpc) is 3.60. The minimum atomic E-state index is -1.02. The van der Waals surface area contributed by atoms with Gasteiger partial charge >= 0.3 is 11.9 Å². The van der Waals surface area contributed by atoms with E-state index in [1.54, 1.807) is 26.0 Å². The summed E-state index contributed by atoms with van der Waals surface area (Å²) in [5.74, 6) is -5.67. The minimum absolute atomic E-state index is 0.0146. The number of phenols is 2. The smallest absolute Gasteiger partial charge is 0.308 e. The number of hydrogen-bond acceptors (Lipinski definition) is 8. The van der Waals surface area contributed by atoms with Crippen LogP contribution in [0.1, 0.15) is 56.6 Å².